The van der Waals surface area contributed by atoms with Crippen molar-refractivity contribution < 1.29 is 5.11 Å². The molecule has 1 nitrogen and oxygen atoms in total. The van der Waals surface area contributed by atoms with Gasteiger partial charge >= 0.3 is 0 Å². The van der Waals surface area contributed by atoms with Gasteiger partial charge in [0.1, 0.15) is 16.1 Å². The van der Waals surface area contributed by atoms with Crippen LogP contribution in [0.5, 0.6) is 0 Å². The second kappa shape index (κ2) is 8.97. The molecule has 0 radical (unpaired) electrons. The molecule has 0 aliphatic rings. The quantitative estimate of drug-likeness (QED) is 0.517. The SMILES string of the molecule is CC(O)C(c1ccc(C#C[Si](C)(C)C)cc1)c1ccc(C#C[Si](C)(C)C)cc1. The fourth-order valence-electron chi connectivity index (χ4n) is 2.82. The molecule has 0 aliphatic carbocycles. The lowest BCUT2D eigenvalue weighted by Crippen LogP contribution is -2.17. The molecular formula is C25H32OSi2. The van der Waals surface area contributed by atoms with Crippen molar-refractivity contribution in [3.8, 4) is 22.9 Å². The van der Waals surface area contributed by atoms with Gasteiger partial charge in [-0.15, -0.1) is 11.1 Å². The van der Waals surface area contributed by atoms with Gasteiger partial charge in [-0.05, 0) is 42.3 Å². The summed E-state index contributed by atoms with van der Waals surface area (Å²) in [7, 11) is -2.76. The molecule has 1 unspecified atom stereocenters. The van der Waals surface area contributed by atoms with Crippen molar-refractivity contribution in [2.45, 2.75) is 58.2 Å². The van der Waals surface area contributed by atoms with Gasteiger partial charge in [0.25, 0.3) is 0 Å². The maximum absolute atomic E-state index is 10.4. The molecule has 0 aliphatic heterocycles. The molecule has 0 heterocycles. The van der Waals surface area contributed by atoms with Crippen LogP contribution in [0.3, 0.4) is 0 Å². The van der Waals surface area contributed by atoms with Gasteiger partial charge in [-0.3, -0.25) is 0 Å². The molecule has 146 valence electrons. The van der Waals surface area contributed by atoms with Gasteiger partial charge in [0, 0.05) is 17.0 Å². The van der Waals surface area contributed by atoms with Crippen molar-refractivity contribution in [3.05, 3.63) is 70.8 Å². The number of aliphatic hydroxyl groups is 1. The molecule has 28 heavy (non-hydrogen) atoms. The Morgan fingerprint density at radius 2 is 0.964 bits per heavy atom. The van der Waals surface area contributed by atoms with Crippen LogP contribution in [-0.2, 0) is 0 Å². The van der Waals surface area contributed by atoms with Crippen LogP contribution in [-0.4, -0.2) is 27.4 Å². The van der Waals surface area contributed by atoms with Crippen molar-refractivity contribution in [1.82, 2.24) is 0 Å². The van der Waals surface area contributed by atoms with Crippen molar-refractivity contribution in [3.63, 3.8) is 0 Å². The Hall–Kier alpha value is -2.05. The van der Waals surface area contributed by atoms with Crippen LogP contribution >= 0.6 is 0 Å². The van der Waals surface area contributed by atoms with E-state index in [9.17, 15) is 5.11 Å². The first-order valence-corrected chi connectivity index (χ1v) is 16.9. The zero-order valence-electron chi connectivity index (χ0n) is 18.2. The van der Waals surface area contributed by atoms with E-state index in [1.165, 1.54) is 0 Å². The highest BCUT2D eigenvalue weighted by Crippen LogP contribution is 2.28. The molecule has 2 aromatic carbocycles. The number of hydrogen-bond acceptors (Lipinski definition) is 1. The molecule has 0 amide bonds. The monoisotopic (exact) mass is 404 g/mol. The fraction of sp³-hybridized carbons (Fsp3) is 0.360. The normalized spacial score (nSPS) is 12.6. The Labute approximate surface area is 173 Å². The Bertz CT molecular complexity index is 828. The minimum atomic E-state index is -1.38. The first kappa shape index (κ1) is 22.2. The number of aliphatic hydroxyl groups excluding tert-OH is 1. The van der Waals surface area contributed by atoms with Crippen LogP contribution in [0.2, 0.25) is 39.3 Å². The third-order valence-corrected chi connectivity index (χ3v) is 5.94. The smallest absolute Gasteiger partial charge is 0.129 e. The van der Waals surface area contributed by atoms with E-state index in [0.717, 1.165) is 22.3 Å². The first-order valence-electron chi connectivity index (χ1n) is 9.89. The van der Waals surface area contributed by atoms with E-state index in [2.05, 4.69) is 111 Å². The van der Waals surface area contributed by atoms with Gasteiger partial charge in [0.05, 0.1) is 6.10 Å². The summed E-state index contributed by atoms with van der Waals surface area (Å²) < 4.78 is 0. The molecule has 0 aromatic heterocycles. The number of hydrogen-bond donors (Lipinski definition) is 1. The zero-order chi connectivity index (χ0) is 20.9. The van der Waals surface area contributed by atoms with E-state index in [-0.39, 0.29) is 5.92 Å². The van der Waals surface area contributed by atoms with Crippen LogP contribution in [0.1, 0.15) is 35.1 Å². The summed E-state index contributed by atoms with van der Waals surface area (Å²) in [4.78, 5) is 0. The molecule has 1 atom stereocenters. The van der Waals surface area contributed by atoms with Gasteiger partial charge in [-0.25, -0.2) is 0 Å². The maximum atomic E-state index is 10.4. The summed E-state index contributed by atoms with van der Waals surface area (Å²) in [5.41, 5.74) is 11.1. The van der Waals surface area contributed by atoms with Gasteiger partial charge in [-0.1, -0.05) is 75.4 Å². The van der Waals surface area contributed by atoms with Crippen molar-refractivity contribution in [2.75, 3.05) is 0 Å². The van der Waals surface area contributed by atoms with Crippen LogP contribution in [0, 0.1) is 22.9 Å². The predicted molar refractivity (Wildman–Crippen MR) is 127 cm³/mol. The lowest BCUT2D eigenvalue weighted by atomic mass is 9.86. The summed E-state index contributed by atoms with van der Waals surface area (Å²) in [6.07, 6.45) is -0.474. The van der Waals surface area contributed by atoms with Gasteiger partial charge in [-0.2, -0.15) is 0 Å². The highest BCUT2D eigenvalue weighted by Gasteiger charge is 2.19. The van der Waals surface area contributed by atoms with E-state index in [0.29, 0.717) is 0 Å². The molecular weight excluding hydrogens is 372 g/mol. The molecule has 2 rings (SSSR count). The van der Waals surface area contributed by atoms with Crippen molar-refractivity contribution >= 4 is 16.1 Å². The molecule has 0 saturated carbocycles. The summed E-state index contributed by atoms with van der Waals surface area (Å²) >= 11 is 0. The average Bonchev–Trinajstić information content (AvgIpc) is 2.59. The minimum absolute atomic E-state index is 0.0574. The largest absolute Gasteiger partial charge is 0.392 e. The Kier molecular flexibility index (Phi) is 7.13. The number of rotatable bonds is 3. The van der Waals surface area contributed by atoms with Gasteiger partial charge in [0.2, 0.25) is 0 Å². The highest BCUT2D eigenvalue weighted by atomic mass is 28.3. The average molecular weight is 405 g/mol. The fourth-order valence-corrected chi connectivity index (χ4v) is 3.86. The Morgan fingerprint density at radius 1 is 0.643 bits per heavy atom. The molecule has 0 spiro atoms. The molecule has 2 aromatic rings. The minimum Gasteiger partial charge on any atom is -0.392 e. The lowest BCUT2D eigenvalue weighted by Gasteiger charge is -2.21. The Balaban J connectivity index is 2.28. The van der Waals surface area contributed by atoms with Crippen LogP contribution in [0.15, 0.2) is 48.5 Å². The maximum Gasteiger partial charge on any atom is 0.129 e. The first-order chi connectivity index (χ1) is 12.9. The van der Waals surface area contributed by atoms with Crippen LogP contribution in [0.4, 0.5) is 0 Å². The van der Waals surface area contributed by atoms with Crippen molar-refractivity contribution in [2.24, 2.45) is 0 Å². The lowest BCUT2D eigenvalue weighted by molar-refractivity contribution is 0.176. The van der Waals surface area contributed by atoms with E-state index in [1.807, 2.05) is 6.92 Å². The van der Waals surface area contributed by atoms with Crippen LogP contribution < -0.4 is 0 Å². The van der Waals surface area contributed by atoms with Gasteiger partial charge < -0.3 is 5.11 Å². The Morgan fingerprint density at radius 3 is 1.21 bits per heavy atom. The molecule has 0 fully saturated rings. The van der Waals surface area contributed by atoms with Gasteiger partial charge in [0.15, 0.2) is 0 Å². The van der Waals surface area contributed by atoms with E-state index >= 15 is 0 Å². The molecule has 0 bridgehead atoms. The zero-order valence-corrected chi connectivity index (χ0v) is 20.2. The van der Waals surface area contributed by atoms with E-state index in [4.69, 9.17) is 0 Å². The summed E-state index contributed by atoms with van der Waals surface area (Å²) in [6, 6.07) is 16.6. The van der Waals surface area contributed by atoms with E-state index < -0.39 is 22.3 Å². The third-order valence-electron chi connectivity index (χ3n) is 4.19. The molecule has 0 saturated heterocycles. The van der Waals surface area contributed by atoms with Crippen LogP contribution in [0.25, 0.3) is 0 Å². The topological polar surface area (TPSA) is 20.2 Å². The number of benzene rings is 2. The van der Waals surface area contributed by atoms with Crippen molar-refractivity contribution in [1.29, 1.82) is 0 Å². The standard InChI is InChI=1S/C25H32OSi2/c1-20(26)25(23-12-8-21(9-13-23)16-18-27(2,3)4)24-14-10-22(11-15-24)17-19-28(5,6)7/h8-15,20,25-26H,1-7H3. The second-order valence-corrected chi connectivity index (χ2v) is 19.0. The third kappa shape index (κ3) is 7.17. The molecule has 3 heteroatoms. The summed E-state index contributed by atoms with van der Waals surface area (Å²) in [6.45, 7) is 15.3. The predicted octanol–water partition coefficient (Wildman–Crippen LogP) is 5.66. The summed E-state index contributed by atoms with van der Waals surface area (Å²) in [5.74, 6) is 6.52. The highest BCUT2D eigenvalue weighted by molar-refractivity contribution is 6.84. The molecule has 1 N–H and O–H groups in total. The van der Waals surface area contributed by atoms with E-state index in [1.54, 1.807) is 0 Å². The second-order valence-electron chi connectivity index (χ2n) is 9.46. The summed E-state index contributed by atoms with van der Waals surface area (Å²) in [5, 5.41) is 10.4.